The first kappa shape index (κ1) is 13.3. The van der Waals surface area contributed by atoms with Crippen LogP contribution in [-0.4, -0.2) is 41.8 Å². The summed E-state index contributed by atoms with van der Waals surface area (Å²) in [5.74, 6) is -0.685. The van der Waals surface area contributed by atoms with Crippen molar-refractivity contribution in [2.45, 2.75) is 13.0 Å². The maximum atomic E-state index is 12.0. The number of rotatable bonds is 3. The number of aryl methyl sites for hydroxylation is 1. The molecular weight excluding hydrogens is 250 g/mol. The number of carbonyl (C=O) groups is 2. The maximum absolute atomic E-state index is 12.0. The zero-order valence-corrected chi connectivity index (χ0v) is 10.6. The van der Waals surface area contributed by atoms with E-state index in [9.17, 15) is 9.59 Å². The van der Waals surface area contributed by atoms with Gasteiger partial charge in [0, 0.05) is 12.6 Å². The number of amides is 2. The lowest BCUT2D eigenvalue weighted by atomic mass is 10.1. The molecular formula is C12H15N3O4. The monoisotopic (exact) mass is 265 g/mol. The summed E-state index contributed by atoms with van der Waals surface area (Å²) in [5.41, 5.74) is 3.62. The fourth-order valence-electron chi connectivity index (χ4n) is 1.77. The van der Waals surface area contributed by atoms with E-state index < -0.39 is 11.9 Å². The number of hydrogen-bond acceptors (Lipinski definition) is 5. The highest BCUT2D eigenvalue weighted by molar-refractivity contribution is 5.98. The second kappa shape index (κ2) is 5.25. The van der Waals surface area contributed by atoms with Crippen molar-refractivity contribution in [3.8, 4) is 0 Å². The van der Waals surface area contributed by atoms with Crippen LogP contribution in [0.5, 0.6) is 0 Å². The first-order valence-electron chi connectivity index (χ1n) is 5.75. The molecule has 1 fully saturated rings. The number of likely N-dealkylation sites (N-methyl/N-ethyl adjacent to an activating group) is 1. The first-order chi connectivity index (χ1) is 9.02. The predicted octanol–water partition coefficient (Wildman–Crippen LogP) is 0.298. The minimum atomic E-state index is -0.677. The van der Waals surface area contributed by atoms with Crippen LogP contribution < -0.4 is 10.8 Å². The third-order valence-corrected chi connectivity index (χ3v) is 2.97. The van der Waals surface area contributed by atoms with Gasteiger partial charge in [0.25, 0.3) is 11.8 Å². The molecule has 0 bridgehead atoms. The van der Waals surface area contributed by atoms with Crippen LogP contribution in [0, 0.1) is 6.92 Å². The zero-order valence-electron chi connectivity index (χ0n) is 10.6. The normalized spacial score (nSPS) is 18.6. The van der Waals surface area contributed by atoms with Gasteiger partial charge in [-0.15, -0.1) is 0 Å². The number of carbonyl (C=O) groups excluding carboxylic acids is 2. The van der Waals surface area contributed by atoms with E-state index in [-0.39, 0.29) is 12.5 Å². The molecule has 0 spiro atoms. The van der Waals surface area contributed by atoms with Crippen LogP contribution >= 0.6 is 0 Å². The standard InChI is InChI=1S/C12H15N3O4/c1-7-3-4-8(5-9(7)14-18)11(16)13-10-6-19-15(2)12(10)17/h3-5,10,14,18H,6H2,1-2H3,(H,13,16)/t10-/m1/s1. The van der Waals surface area contributed by atoms with Crippen molar-refractivity contribution in [1.82, 2.24) is 10.4 Å². The summed E-state index contributed by atoms with van der Waals surface area (Å²) >= 11 is 0. The third kappa shape index (κ3) is 2.67. The van der Waals surface area contributed by atoms with Crippen LogP contribution in [0.2, 0.25) is 0 Å². The summed E-state index contributed by atoms with van der Waals surface area (Å²) in [7, 11) is 1.49. The number of hydrogen-bond donors (Lipinski definition) is 3. The van der Waals surface area contributed by atoms with Gasteiger partial charge < -0.3 is 5.32 Å². The molecule has 1 aliphatic heterocycles. The Labute approximate surface area is 110 Å². The van der Waals surface area contributed by atoms with Gasteiger partial charge in [-0.25, -0.2) is 5.06 Å². The molecule has 3 N–H and O–H groups in total. The summed E-state index contributed by atoms with van der Waals surface area (Å²) < 4.78 is 0. The molecule has 2 rings (SSSR count). The molecule has 0 radical (unpaired) electrons. The topological polar surface area (TPSA) is 90.9 Å². The molecule has 7 heteroatoms. The van der Waals surface area contributed by atoms with Crippen LogP contribution in [-0.2, 0) is 9.63 Å². The summed E-state index contributed by atoms with van der Waals surface area (Å²) in [6, 6.07) is 4.15. The molecule has 102 valence electrons. The van der Waals surface area contributed by atoms with Crippen LogP contribution in [0.1, 0.15) is 15.9 Å². The molecule has 19 heavy (non-hydrogen) atoms. The van der Waals surface area contributed by atoms with Gasteiger partial charge >= 0.3 is 0 Å². The molecule has 1 aromatic carbocycles. The number of anilines is 1. The van der Waals surface area contributed by atoms with E-state index >= 15 is 0 Å². The van der Waals surface area contributed by atoms with E-state index in [2.05, 4.69) is 5.32 Å². The molecule has 0 unspecified atom stereocenters. The molecule has 1 saturated heterocycles. The summed E-state index contributed by atoms with van der Waals surface area (Å²) in [6.45, 7) is 1.92. The second-order valence-electron chi connectivity index (χ2n) is 4.30. The van der Waals surface area contributed by atoms with E-state index in [4.69, 9.17) is 10.0 Å². The quantitative estimate of drug-likeness (QED) is 0.684. The third-order valence-electron chi connectivity index (χ3n) is 2.97. The fraction of sp³-hybridized carbons (Fsp3) is 0.333. The Kier molecular flexibility index (Phi) is 3.68. The molecule has 1 aliphatic rings. The van der Waals surface area contributed by atoms with Gasteiger partial charge in [-0.2, -0.15) is 0 Å². The molecule has 0 saturated carbocycles. The molecule has 2 amide bonds. The van der Waals surface area contributed by atoms with Crippen LogP contribution in [0.15, 0.2) is 18.2 Å². The smallest absolute Gasteiger partial charge is 0.270 e. The van der Waals surface area contributed by atoms with Crippen LogP contribution in [0.4, 0.5) is 5.69 Å². The highest BCUT2D eigenvalue weighted by atomic mass is 16.7. The Hall–Kier alpha value is -2.12. The van der Waals surface area contributed by atoms with Crippen molar-refractivity contribution >= 4 is 17.5 Å². The van der Waals surface area contributed by atoms with Gasteiger partial charge in [0.05, 0.1) is 5.69 Å². The Morgan fingerprint density at radius 3 is 2.84 bits per heavy atom. The van der Waals surface area contributed by atoms with E-state index in [0.717, 1.165) is 10.6 Å². The Morgan fingerprint density at radius 2 is 2.26 bits per heavy atom. The Morgan fingerprint density at radius 1 is 1.53 bits per heavy atom. The highest BCUT2D eigenvalue weighted by Crippen LogP contribution is 2.16. The summed E-state index contributed by atoms with van der Waals surface area (Å²) in [5, 5.41) is 12.6. The lowest BCUT2D eigenvalue weighted by Crippen LogP contribution is -2.41. The number of nitrogens with one attached hydrogen (secondary N) is 2. The molecule has 7 nitrogen and oxygen atoms in total. The largest absolute Gasteiger partial charge is 0.338 e. The summed E-state index contributed by atoms with van der Waals surface area (Å²) in [6.07, 6.45) is 0. The van der Waals surface area contributed by atoms with Gasteiger partial charge in [-0.3, -0.25) is 25.1 Å². The minimum absolute atomic E-state index is 0.123. The highest BCUT2D eigenvalue weighted by Gasteiger charge is 2.32. The van der Waals surface area contributed by atoms with Crippen molar-refractivity contribution in [2.24, 2.45) is 0 Å². The molecule has 0 aromatic heterocycles. The number of nitrogens with zero attached hydrogens (tertiary/aromatic N) is 1. The first-order valence-corrected chi connectivity index (χ1v) is 5.75. The lowest BCUT2D eigenvalue weighted by Gasteiger charge is -2.11. The Balaban J connectivity index is 2.10. The predicted molar refractivity (Wildman–Crippen MR) is 66.6 cm³/mol. The van der Waals surface area contributed by atoms with Crippen molar-refractivity contribution in [1.29, 1.82) is 0 Å². The second-order valence-corrected chi connectivity index (χ2v) is 4.30. The average molecular weight is 265 g/mol. The van der Waals surface area contributed by atoms with Gasteiger partial charge in [-0.1, -0.05) is 6.07 Å². The minimum Gasteiger partial charge on any atom is -0.338 e. The summed E-state index contributed by atoms with van der Waals surface area (Å²) in [4.78, 5) is 28.6. The van der Waals surface area contributed by atoms with Crippen LogP contribution in [0.25, 0.3) is 0 Å². The van der Waals surface area contributed by atoms with Gasteiger partial charge in [0.1, 0.15) is 12.6 Å². The van der Waals surface area contributed by atoms with Gasteiger partial charge in [0.15, 0.2) is 0 Å². The van der Waals surface area contributed by atoms with Crippen LogP contribution in [0.3, 0.4) is 0 Å². The molecule has 0 aliphatic carbocycles. The lowest BCUT2D eigenvalue weighted by molar-refractivity contribution is -0.154. The average Bonchev–Trinajstić information content (AvgIpc) is 2.71. The van der Waals surface area contributed by atoms with Crippen molar-refractivity contribution in [3.05, 3.63) is 29.3 Å². The molecule has 1 heterocycles. The SMILES string of the molecule is Cc1ccc(C(=O)N[C@@H]2CON(C)C2=O)cc1NO. The zero-order chi connectivity index (χ0) is 14.0. The van der Waals surface area contributed by atoms with E-state index in [1.54, 1.807) is 19.1 Å². The van der Waals surface area contributed by atoms with Crippen molar-refractivity contribution in [2.75, 3.05) is 19.1 Å². The maximum Gasteiger partial charge on any atom is 0.270 e. The van der Waals surface area contributed by atoms with E-state index in [0.29, 0.717) is 11.3 Å². The van der Waals surface area contributed by atoms with E-state index in [1.807, 2.05) is 5.48 Å². The molecule has 1 aromatic rings. The van der Waals surface area contributed by atoms with Gasteiger partial charge in [0.2, 0.25) is 0 Å². The molecule has 1 atom stereocenters. The van der Waals surface area contributed by atoms with Crippen molar-refractivity contribution in [3.63, 3.8) is 0 Å². The van der Waals surface area contributed by atoms with E-state index in [1.165, 1.54) is 13.1 Å². The fourth-order valence-corrected chi connectivity index (χ4v) is 1.77. The van der Waals surface area contributed by atoms with Gasteiger partial charge in [-0.05, 0) is 24.6 Å². The number of hydroxylamine groups is 2. The van der Waals surface area contributed by atoms with Crippen molar-refractivity contribution < 1.29 is 19.6 Å². The number of benzene rings is 1. The Bertz CT molecular complexity index is 518.